The van der Waals surface area contributed by atoms with E-state index in [1.54, 1.807) is 33.5 Å². The number of quaternary nitrogens is 1. The van der Waals surface area contributed by atoms with Crippen molar-refractivity contribution < 1.29 is 23.4 Å². The molecule has 0 bridgehead atoms. The number of hydrogen-bond donors (Lipinski definition) is 0. The van der Waals surface area contributed by atoms with Crippen LogP contribution in [-0.2, 0) is 6.42 Å². The minimum absolute atomic E-state index is 0.129. The zero-order chi connectivity index (χ0) is 21.3. The molecule has 0 aliphatic heterocycles. The van der Waals surface area contributed by atoms with Gasteiger partial charge in [-0.05, 0) is 41.8 Å². The van der Waals surface area contributed by atoms with Gasteiger partial charge < -0.3 is 23.4 Å². The molecule has 3 rings (SSSR count). The molecule has 0 fully saturated rings. The standard InChI is InChI=1S/C23H30NO5/c1-24(2,3)17-10-8-14-12-20(27-5)22(28-6)23(29-7)21(14)15-9-11-19(26-4)18(25)13-16(15)17/h9,11-13,17H,8,10H2,1-7H3/q+1/t17-/m0/s1. The lowest BCUT2D eigenvalue weighted by molar-refractivity contribution is -0.902. The Morgan fingerprint density at radius 2 is 1.52 bits per heavy atom. The van der Waals surface area contributed by atoms with E-state index in [0.29, 0.717) is 27.5 Å². The van der Waals surface area contributed by atoms with Crippen LogP contribution in [0.5, 0.6) is 23.0 Å². The number of rotatable bonds is 5. The first kappa shape index (κ1) is 21.0. The summed E-state index contributed by atoms with van der Waals surface area (Å²) in [6.45, 7) is 0. The molecule has 0 N–H and O–H groups in total. The largest absolute Gasteiger partial charge is 0.493 e. The second-order valence-corrected chi connectivity index (χ2v) is 8.13. The van der Waals surface area contributed by atoms with Crippen molar-refractivity contribution in [3.05, 3.63) is 45.6 Å². The zero-order valence-corrected chi connectivity index (χ0v) is 18.3. The highest BCUT2D eigenvalue weighted by Gasteiger charge is 2.34. The van der Waals surface area contributed by atoms with Crippen LogP contribution in [0.4, 0.5) is 0 Å². The number of ether oxygens (including phenoxy) is 4. The Morgan fingerprint density at radius 1 is 0.862 bits per heavy atom. The maximum atomic E-state index is 12.8. The van der Waals surface area contributed by atoms with Gasteiger partial charge in [0, 0.05) is 17.5 Å². The summed E-state index contributed by atoms with van der Waals surface area (Å²) in [4.78, 5) is 12.8. The molecule has 29 heavy (non-hydrogen) atoms. The van der Waals surface area contributed by atoms with Gasteiger partial charge in [0.05, 0.1) is 49.6 Å². The van der Waals surface area contributed by atoms with Gasteiger partial charge in [-0.1, -0.05) is 0 Å². The normalized spacial score (nSPS) is 15.6. The summed E-state index contributed by atoms with van der Waals surface area (Å²) < 4.78 is 23.0. The molecule has 0 amide bonds. The predicted octanol–water partition coefficient (Wildman–Crippen LogP) is 3.44. The van der Waals surface area contributed by atoms with E-state index >= 15 is 0 Å². The molecule has 0 heterocycles. The summed E-state index contributed by atoms with van der Waals surface area (Å²) in [5, 5.41) is 0. The number of fused-ring (bicyclic) bond motifs is 3. The molecule has 156 valence electrons. The first-order valence-electron chi connectivity index (χ1n) is 9.62. The van der Waals surface area contributed by atoms with Crippen molar-refractivity contribution >= 4 is 0 Å². The van der Waals surface area contributed by atoms with Gasteiger partial charge in [0.25, 0.3) is 0 Å². The van der Waals surface area contributed by atoms with Gasteiger partial charge >= 0.3 is 0 Å². The van der Waals surface area contributed by atoms with Crippen LogP contribution < -0.4 is 24.4 Å². The Morgan fingerprint density at radius 3 is 2.07 bits per heavy atom. The van der Waals surface area contributed by atoms with E-state index in [2.05, 4.69) is 21.1 Å². The molecule has 1 aliphatic rings. The Labute approximate surface area is 172 Å². The Bertz CT molecular complexity index is 978. The fourth-order valence-corrected chi connectivity index (χ4v) is 4.25. The average molecular weight is 400 g/mol. The first-order valence-corrected chi connectivity index (χ1v) is 9.62. The topological polar surface area (TPSA) is 54.0 Å². The number of benzene rings is 1. The average Bonchev–Trinajstić information content (AvgIpc) is 2.93. The van der Waals surface area contributed by atoms with Gasteiger partial charge in [-0.15, -0.1) is 0 Å². The highest BCUT2D eigenvalue weighted by atomic mass is 16.5. The SMILES string of the molecule is COc1cc2c(c(OC)c1OC)-c1ccc(OC)c(=O)cc1[C@@H]([N+](C)(C)C)CC2. The van der Waals surface area contributed by atoms with E-state index in [1.165, 1.54) is 7.11 Å². The second kappa shape index (κ2) is 7.95. The molecule has 0 aromatic heterocycles. The van der Waals surface area contributed by atoms with Crippen LogP contribution in [0.2, 0.25) is 0 Å². The van der Waals surface area contributed by atoms with E-state index in [0.717, 1.165) is 35.1 Å². The molecule has 0 saturated heterocycles. The van der Waals surface area contributed by atoms with Crippen LogP contribution in [0.1, 0.15) is 23.6 Å². The van der Waals surface area contributed by atoms with Crippen LogP contribution in [0, 0.1) is 0 Å². The van der Waals surface area contributed by atoms with Crippen LogP contribution in [-0.4, -0.2) is 54.1 Å². The van der Waals surface area contributed by atoms with Gasteiger partial charge in [0.1, 0.15) is 6.04 Å². The third-order valence-corrected chi connectivity index (χ3v) is 5.62. The molecule has 0 radical (unpaired) electrons. The zero-order valence-electron chi connectivity index (χ0n) is 18.3. The Hall–Kier alpha value is -2.73. The smallest absolute Gasteiger partial charge is 0.220 e. The van der Waals surface area contributed by atoms with Crippen molar-refractivity contribution in [2.45, 2.75) is 18.9 Å². The molecule has 2 aromatic carbocycles. The molecule has 6 heteroatoms. The fourth-order valence-electron chi connectivity index (χ4n) is 4.25. The maximum Gasteiger partial charge on any atom is 0.220 e. The minimum atomic E-state index is -0.130. The number of aryl methyl sites for hydroxylation is 1. The summed E-state index contributed by atoms with van der Waals surface area (Å²) in [6, 6.07) is 7.55. The lowest BCUT2D eigenvalue weighted by atomic mass is 9.95. The van der Waals surface area contributed by atoms with Crippen molar-refractivity contribution in [2.24, 2.45) is 0 Å². The minimum Gasteiger partial charge on any atom is -0.493 e. The number of hydrogen-bond acceptors (Lipinski definition) is 5. The molecule has 2 aromatic rings. The van der Waals surface area contributed by atoms with Gasteiger partial charge in [-0.3, -0.25) is 4.79 Å². The molecule has 0 saturated carbocycles. The fraction of sp³-hybridized carbons (Fsp3) is 0.435. The van der Waals surface area contributed by atoms with Gasteiger partial charge in [-0.2, -0.15) is 0 Å². The molecule has 0 unspecified atom stereocenters. The van der Waals surface area contributed by atoms with Crippen molar-refractivity contribution in [1.29, 1.82) is 0 Å². The molecule has 1 aliphatic carbocycles. The van der Waals surface area contributed by atoms with Gasteiger partial charge in [0.2, 0.25) is 11.2 Å². The first-order chi connectivity index (χ1) is 13.8. The van der Waals surface area contributed by atoms with E-state index in [1.807, 2.05) is 12.1 Å². The molecular weight excluding hydrogens is 370 g/mol. The second-order valence-electron chi connectivity index (χ2n) is 8.13. The van der Waals surface area contributed by atoms with Crippen LogP contribution in [0.25, 0.3) is 11.1 Å². The van der Waals surface area contributed by atoms with Crippen molar-refractivity contribution in [3.63, 3.8) is 0 Å². The lowest BCUT2D eigenvalue weighted by Gasteiger charge is -2.34. The van der Waals surface area contributed by atoms with Crippen molar-refractivity contribution in [3.8, 4) is 34.1 Å². The van der Waals surface area contributed by atoms with E-state index in [9.17, 15) is 4.79 Å². The summed E-state index contributed by atoms with van der Waals surface area (Å²) in [5.74, 6) is 2.11. The molecule has 1 atom stereocenters. The summed E-state index contributed by atoms with van der Waals surface area (Å²) in [5.41, 5.74) is 3.85. The van der Waals surface area contributed by atoms with Crippen LogP contribution in [0.15, 0.2) is 29.1 Å². The number of nitrogens with zero attached hydrogens (tertiary/aromatic N) is 1. The third kappa shape index (κ3) is 3.65. The third-order valence-electron chi connectivity index (χ3n) is 5.62. The van der Waals surface area contributed by atoms with Crippen LogP contribution in [0.3, 0.4) is 0 Å². The lowest BCUT2D eigenvalue weighted by Crippen LogP contribution is -2.39. The van der Waals surface area contributed by atoms with E-state index < -0.39 is 0 Å². The monoisotopic (exact) mass is 400 g/mol. The van der Waals surface area contributed by atoms with E-state index in [-0.39, 0.29) is 11.5 Å². The molecule has 6 nitrogen and oxygen atoms in total. The highest BCUT2D eigenvalue weighted by molar-refractivity contribution is 5.82. The molecular formula is C23H30NO5+. The maximum absolute atomic E-state index is 12.8. The Balaban J connectivity index is 2.47. The Kier molecular flexibility index (Phi) is 5.75. The summed E-state index contributed by atoms with van der Waals surface area (Å²) in [6.07, 6.45) is 1.71. The van der Waals surface area contributed by atoms with Gasteiger partial charge in [0.15, 0.2) is 17.2 Å². The van der Waals surface area contributed by atoms with E-state index in [4.69, 9.17) is 18.9 Å². The van der Waals surface area contributed by atoms with Crippen molar-refractivity contribution in [1.82, 2.24) is 0 Å². The predicted molar refractivity (Wildman–Crippen MR) is 113 cm³/mol. The highest BCUT2D eigenvalue weighted by Crippen LogP contribution is 2.51. The number of methoxy groups -OCH3 is 4. The molecule has 0 spiro atoms. The van der Waals surface area contributed by atoms with Crippen molar-refractivity contribution in [2.75, 3.05) is 49.6 Å². The van der Waals surface area contributed by atoms with Crippen LogP contribution >= 0.6 is 0 Å². The summed E-state index contributed by atoms with van der Waals surface area (Å²) in [7, 11) is 12.8. The quantitative estimate of drug-likeness (QED) is 0.720. The van der Waals surface area contributed by atoms with Gasteiger partial charge in [-0.25, -0.2) is 0 Å². The summed E-state index contributed by atoms with van der Waals surface area (Å²) >= 11 is 0.